The van der Waals surface area contributed by atoms with Gasteiger partial charge in [-0.15, -0.1) is 0 Å². The number of nitrogens with two attached hydrogens (primary N) is 1. The number of hydrogen-bond donors (Lipinski definition) is 4. The molecule has 0 fully saturated rings. The molecule has 132 valence electrons. The molecule has 0 unspecified atom stereocenters. The van der Waals surface area contributed by atoms with E-state index < -0.39 is 17.4 Å². The third-order valence-electron chi connectivity index (χ3n) is 2.85. The highest BCUT2D eigenvalue weighted by Gasteiger charge is 2.19. The number of phenolic OH excluding ortho intramolecular Hbond substituents is 2. The molecule has 2 rings (SSSR count). The molecule has 5 N–H and O–H groups in total. The lowest BCUT2D eigenvalue weighted by Gasteiger charge is -2.08. The molecule has 0 radical (unpaired) electrons. The minimum absolute atomic E-state index is 0.0424. The average molecular weight is 444 g/mol. The summed E-state index contributed by atoms with van der Waals surface area (Å²) in [6, 6.07) is 1.19. The zero-order chi connectivity index (χ0) is 18.9. The Kier molecular flexibility index (Phi) is 6.08. The van der Waals surface area contributed by atoms with Crippen LogP contribution in [-0.2, 0) is 0 Å². The molecule has 0 bridgehead atoms. The zero-order valence-electron chi connectivity index (χ0n) is 11.8. The normalized spacial score (nSPS) is 11.1. The number of hydrogen-bond acceptors (Lipinski definition) is 6. The van der Waals surface area contributed by atoms with E-state index in [2.05, 4.69) is 15.5 Å². The van der Waals surface area contributed by atoms with E-state index in [0.29, 0.717) is 0 Å². The molecule has 12 heteroatoms. The average Bonchev–Trinajstić information content (AvgIpc) is 2.58. The summed E-state index contributed by atoms with van der Waals surface area (Å²) in [5, 5.41) is 21.9. The van der Waals surface area contributed by atoms with Crippen molar-refractivity contribution in [2.75, 3.05) is 5.73 Å². The largest absolute Gasteiger partial charge is 0.506 e. The third kappa shape index (κ3) is 3.96. The molecule has 1 heterocycles. The van der Waals surface area contributed by atoms with E-state index in [4.69, 9.17) is 63.7 Å². The fourth-order valence-electron chi connectivity index (χ4n) is 1.61. The second-order valence-electron chi connectivity index (χ2n) is 4.45. The summed E-state index contributed by atoms with van der Waals surface area (Å²) in [5.74, 6) is -1.79. The second kappa shape index (κ2) is 7.72. The molecule has 0 aliphatic heterocycles. The Bertz CT molecular complexity index is 904. The van der Waals surface area contributed by atoms with Crippen LogP contribution in [0.2, 0.25) is 25.2 Å². The lowest BCUT2D eigenvalue weighted by Crippen LogP contribution is -2.20. The Morgan fingerprint density at radius 2 is 1.76 bits per heavy atom. The summed E-state index contributed by atoms with van der Waals surface area (Å²) in [4.78, 5) is 15.8. The molecule has 0 aliphatic carbocycles. The number of halogens is 5. The van der Waals surface area contributed by atoms with Gasteiger partial charge in [0.2, 0.25) is 0 Å². The predicted molar refractivity (Wildman–Crippen MR) is 98.5 cm³/mol. The van der Waals surface area contributed by atoms with E-state index >= 15 is 0 Å². The smallest absolute Gasteiger partial charge is 0.291 e. The number of nitrogens with one attached hydrogen (secondary N) is 1. The first-order chi connectivity index (χ1) is 11.6. The van der Waals surface area contributed by atoms with Crippen LogP contribution in [0, 0.1) is 0 Å². The van der Waals surface area contributed by atoms with E-state index in [1.807, 2.05) is 0 Å². The van der Waals surface area contributed by atoms with Crippen molar-refractivity contribution in [3.8, 4) is 11.5 Å². The van der Waals surface area contributed by atoms with Gasteiger partial charge in [0, 0.05) is 5.56 Å². The van der Waals surface area contributed by atoms with Crippen molar-refractivity contribution in [3.05, 3.63) is 42.6 Å². The molecule has 0 spiro atoms. The molecule has 25 heavy (non-hydrogen) atoms. The van der Waals surface area contributed by atoms with Gasteiger partial charge in [-0.25, -0.2) is 10.4 Å². The fourth-order valence-corrected chi connectivity index (χ4v) is 2.68. The SMILES string of the molecule is Nc1c(Cl)c(Cl)nc(C(=O)N/N=C/c2cc(Cl)c(O)c(Cl)c2O)c1Cl. The number of anilines is 1. The monoisotopic (exact) mass is 442 g/mol. The molecule has 2 aromatic rings. The lowest BCUT2D eigenvalue weighted by atomic mass is 10.2. The van der Waals surface area contributed by atoms with Crippen molar-refractivity contribution in [2.24, 2.45) is 5.10 Å². The van der Waals surface area contributed by atoms with Gasteiger partial charge < -0.3 is 15.9 Å². The van der Waals surface area contributed by atoms with E-state index in [-0.39, 0.29) is 42.2 Å². The molecule has 0 saturated carbocycles. The third-order valence-corrected chi connectivity index (χ3v) is 4.64. The highest BCUT2D eigenvalue weighted by atomic mass is 35.5. The first-order valence-electron chi connectivity index (χ1n) is 6.18. The van der Waals surface area contributed by atoms with Crippen LogP contribution in [0.4, 0.5) is 5.69 Å². The quantitative estimate of drug-likeness (QED) is 0.323. The zero-order valence-corrected chi connectivity index (χ0v) is 15.6. The van der Waals surface area contributed by atoms with Gasteiger partial charge in [0.15, 0.2) is 16.6 Å². The maximum atomic E-state index is 12.1. The van der Waals surface area contributed by atoms with Crippen molar-refractivity contribution in [1.29, 1.82) is 0 Å². The van der Waals surface area contributed by atoms with Gasteiger partial charge in [-0.1, -0.05) is 58.0 Å². The van der Waals surface area contributed by atoms with E-state index in [1.54, 1.807) is 0 Å². The molecule has 0 aliphatic rings. The number of rotatable bonds is 3. The van der Waals surface area contributed by atoms with Crippen LogP contribution in [0.25, 0.3) is 0 Å². The standard InChI is InChI=1S/C13H7Cl5N4O3/c14-4-1-3(10(23)7(17)11(4)24)2-20-22-13(25)9-5(15)8(19)6(16)12(18)21-9/h1-2,23-24H,(H2,19,21)(H,22,25)/b20-2+. The number of carbonyl (C=O) groups excluding carboxylic acids is 1. The minimum atomic E-state index is -0.832. The van der Waals surface area contributed by atoms with Crippen LogP contribution >= 0.6 is 58.0 Å². The van der Waals surface area contributed by atoms with Crippen LogP contribution in [0.5, 0.6) is 11.5 Å². The van der Waals surface area contributed by atoms with Gasteiger partial charge in [0.05, 0.1) is 21.9 Å². The summed E-state index contributed by atoms with van der Waals surface area (Å²) >= 11 is 28.8. The molecule has 0 atom stereocenters. The fraction of sp³-hybridized carbons (Fsp3) is 0. The van der Waals surface area contributed by atoms with Gasteiger partial charge in [-0.2, -0.15) is 5.10 Å². The van der Waals surface area contributed by atoms with Gasteiger partial charge >= 0.3 is 0 Å². The highest BCUT2D eigenvalue weighted by molar-refractivity contribution is 6.46. The Hall–Kier alpha value is -1.64. The van der Waals surface area contributed by atoms with Crippen LogP contribution in [0.1, 0.15) is 16.1 Å². The lowest BCUT2D eigenvalue weighted by molar-refractivity contribution is 0.0950. The maximum absolute atomic E-state index is 12.1. The number of hydrazone groups is 1. The number of aromatic hydroxyl groups is 2. The first kappa shape index (κ1) is 19.7. The van der Waals surface area contributed by atoms with Crippen molar-refractivity contribution >= 4 is 75.8 Å². The summed E-state index contributed by atoms with van der Waals surface area (Å²) in [5.41, 5.74) is 7.37. The molecular weight excluding hydrogens is 437 g/mol. The highest BCUT2D eigenvalue weighted by Crippen LogP contribution is 2.40. The van der Waals surface area contributed by atoms with Gasteiger partial charge in [-0.3, -0.25) is 4.79 Å². The Morgan fingerprint density at radius 3 is 2.40 bits per heavy atom. The summed E-state index contributed by atoms with van der Waals surface area (Å²) in [6.07, 6.45) is 1.04. The predicted octanol–water partition coefficient (Wildman–Crippen LogP) is 4.11. The number of benzene rings is 1. The number of phenols is 2. The van der Waals surface area contributed by atoms with Gasteiger partial charge in [0.25, 0.3) is 5.91 Å². The number of aromatic nitrogens is 1. The molecular formula is C13H7Cl5N4O3. The number of nitrogens with zero attached hydrogens (tertiary/aromatic N) is 2. The molecule has 7 nitrogen and oxygen atoms in total. The summed E-state index contributed by atoms with van der Waals surface area (Å²) < 4.78 is 0. The topological polar surface area (TPSA) is 121 Å². The van der Waals surface area contributed by atoms with Crippen LogP contribution < -0.4 is 11.2 Å². The maximum Gasteiger partial charge on any atom is 0.291 e. The van der Waals surface area contributed by atoms with Crippen molar-refractivity contribution < 1.29 is 15.0 Å². The second-order valence-corrected chi connectivity index (χ2v) is 6.35. The number of amides is 1. The van der Waals surface area contributed by atoms with Crippen LogP contribution in [0.3, 0.4) is 0 Å². The van der Waals surface area contributed by atoms with Gasteiger partial charge in [0.1, 0.15) is 15.8 Å². The molecule has 1 aromatic heterocycles. The number of nitrogen functional groups attached to an aromatic ring is 1. The number of carbonyl (C=O) groups is 1. The summed E-state index contributed by atoms with van der Waals surface area (Å²) in [7, 11) is 0. The van der Waals surface area contributed by atoms with E-state index in [1.165, 1.54) is 6.07 Å². The summed E-state index contributed by atoms with van der Waals surface area (Å²) in [6.45, 7) is 0. The van der Waals surface area contributed by atoms with Gasteiger partial charge in [-0.05, 0) is 6.07 Å². The Balaban J connectivity index is 2.26. The van der Waals surface area contributed by atoms with Crippen molar-refractivity contribution in [3.63, 3.8) is 0 Å². The Labute approximate surface area is 165 Å². The van der Waals surface area contributed by atoms with E-state index in [9.17, 15) is 15.0 Å². The van der Waals surface area contributed by atoms with Crippen molar-refractivity contribution in [2.45, 2.75) is 0 Å². The molecule has 1 aromatic carbocycles. The van der Waals surface area contributed by atoms with Crippen LogP contribution in [0.15, 0.2) is 11.2 Å². The van der Waals surface area contributed by atoms with E-state index in [0.717, 1.165) is 6.21 Å². The minimum Gasteiger partial charge on any atom is -0.506 e. The molecule has 1 amide bonds. The Morgan fingerprint density at radius 1 is 1.12 bits per heavy atom. The van der Waals surface area contributed by atoms with Crippen molar-refractivity contribution in [1.82, 2.24) is 10.4 Å². The molecule has 0 saturated heterocycles. The number of pyridine rings is 1. The van der Waals surface area contributed by atoms with Crippen LogP contribution in [-0.4, -0.2) is 27.3 Å². The first-order valence-corrected chi connectivity index (χ1v) is 8.07.